The van der Waals surface area contributed by atoms with Gasteiger partial charge in [0.05, 0.1) is 12.5 Å². The van der Waals surface area contributed by atoms with Crippen molar-refractivity contribution in [2.75, 3.05) is 7.11 Å². The van der Waals surface area contributed by atoms with Crippen molar-refractivity contribution in [2.24, 2.45) is 0 Å². The Bertz CT molecular complexity index is 367. The topological polar surface area (TPSA) is 35.3 Å². The van der Waals surface area contributed by atoms with E-state index in [4.69, 9.17) is 9.26 Å². The molecule has 2 rings (SSSR count). The lowest BCUT2D eigenvalue weighted by molar-refractivity contribution is 0.419. The first-order valence-corrected chi connectivity index (χ1v) is 3.22. The van der Waals surface area contributed by atoms with Crippen LogP contribution in [0, 0.1) is 6.20 Å². The van der Waals surface area contributed by atoms with Crippen LogP contribution in [0.5, 0.6) is 5.75 Å². The number of methoxy groups -OCH3 is 1. The number of benzene rings is 1. The lowest BCUT2D eigenvalue weighted by Crippen LogP contribution is -1.81. The average Bonchev–Trinajstić information content (AvgIpc) is 2.50. The lowest BCUT2D eigenvalue weighted by atomic mass is 10.2. The number of nitrogens with zero attached hydrogens (tertiary/aromatic N) is 1. The third-order valence-electron chi connectivity index (χ3n) is 1.51. The van der Waals surface area contributed by atoms with E-state index < -0.39 is 0 Å². The van der Waals surface area contributed by atoms with Gasteiger partial charge in [0.2, 0.25) is 0 Å². The van der Waals surface area contributed by atoms with E-state index in [-0.39, 0.29) is 0 Å². The second kappa shape index (κ2) is 2.27. The Kier molecular flexibility index (Phi) is 1.28. The van der Waals surface area contributed by atoms with E-state index in [1.54, 1.807) is 7.11 Å². The van der Waals surface area contributed by atoms with Crippen molar-refractivity contribution in [1.29, 1.82) is 0 Å². The highest BCUT2D eigenvalue weighted by molar-refractivity contribution is 5.82. The number of aromatic nitrogens is 1. The smallest absolute Gasteiger partial charge is 0.171 e. The molecule has 1 heterocycles. The second-order valence-corrected chi connectivity index (χ2v) is 2.13. The van der Waals surface area contributed by atoms with Crippen LogP contribution >= 0.6 is 0 Å². The van der Waals surface area contributed by atoms with Crippen molar-refractivity contribution in [3.63, 3.8) is 0 Å². The molecule has 3 heteroatoms. The molecular weight excluding hydrogens is 142 g/mol. The number of rotatable bonds is 1. The summed E-state index contributed by atoms with van der Waals surface area (Å²) in [4.78, 5) is 0. The third kappa shape index (κ3) is 0.852. The van der Waals surface area contributed by atoms with Crippen molar-refractivity contribution < 1.29 is 9.26 Å². The molecule has 2 aromatic rings. The zero-order valence-corrected chi connectivity index (χ0v) is 6.00. The normalized spacial score (nSPS) is 10.3. The maximum atomic E-state index is 5.05. The van der Waals surface area contributed by atoms with Crippen LogP contribution in [-0.4, -0.2) is 12.3 Å². The Morgan fingerprint density at radius 2 is 2.45 bits per heavy atom. The van der Waals surface area contributed by atoms with Crippen molar-refractivity contribution >= 4 is 11.0 Å². The van der Waals surface area contributed by atoms with Crippen molar-refractivity contribution in [1.82, 2.24) is 5.16 Å². The van der Waals surface area contributed by atoms with Crippen LogP contribution in [0.2, 0.25) is 0 Å². The van der Waals surface area contributed by atoms with Crippen LogP contribution in [-0.2, 0) is 0 Å². The fraction of sp³-hybridized carbons (Fsp3) is 0.125. The van der Waals surface area contributed by atoms with Gasteiger partial charge in [-0.15, -0.1) is 0 Å². The van der Waals surface area contributed by atoms with E-state index in [0.29, 0.717) is 5.58 Å². The summed E-state index contributed by atoms with van der Waals surface area (Å²) < 4.78 is 9.93. The Hall–Kier alpha value is -1.51. The minimum absolute atomic E-state index is 0.698. The molecule has 0 unspecified atom stereocenters. The Morgan fingerprint density at radius 1 is 1.55 bits per heavy atom. The maximum absolute atomic E-state index is 5.05. The summed E-state index contributed by atoms with van der Waals surface area (Å²) >= 11 is 0. The minimum Gasteiger partial charge on any atom is -0.496 e. The van der Waals surface area contributed by atoms with Crippen molar-refractivity contribution in [3.05, 3.63) is 24.4 Å². The molecule has 55 valence electrons. The zero-order valence-electron chi connectivity index (χ0n) is 6.00. The van der Waals surface area contributed by atoms with Crippen molar-refractivity contribution in [2.45, 2.75) is 0 Å². The SMILES string of the molecule is COc1cccc2on[c]c12. The molecule has 0 spiro atoms. The van der Waals surface area contributed by atoms with Gasteiger partial charge in [-0.1, -0.05) is 11.2 Å². The third-order valence-corrected chi connectivity index (χ3v) is 1.51. The standard InChI is InChI=1S/C8H6NO2/c1-10-7-3-2-4-8-6(7)5-9-11-8/h2-4H,1H3. The molecule has 3 nitrogen and oxygen atoms in total. The van der Waals surface area contributed by atoms with Crippen LogP contribution < -0.4 is 4.74 Å². The number of hydrogen-bond donors (Lipinski definition) is 0. The molecule has 0 saturated heterocycles. The highest BCUT2D eigenvalue weighted by Gasteiger charge is 2.03. The summed E-state index contributed by atoms with van der Waals surface area (Å²) in [6, 6.07) is 5.51. The molecule has 0 saturated carbocycles. The zero-order chi connectivity index (χ0) is 7.68. The van der Waals surface area contributed by atoms with Crippen LogP contribution in [0.1, 0.15) is 0 Å². The van der Waals surface area contributed by atoms with Gasteiger partial charge in [-0.3, -0.25) is 0 Å². The molecule has 1 radical (unpaired) electrons. The lowest BCUT2D eigenvalue weighted by Gasteiger charge is -1.96. The highest BCUT2D eigenvalue weighted by Crippen LogP contribution is 2.23. The summed E-state index contributed by atoms with van der Waals surface area (Å²) in [7, 11) is 1.61. The van der Waals surface area contributed by atoms with Crippen molar-refractivity contribution in [3.8, 4) is 5.75 Å². The van der Waals surface area contributed by atoms with E-state index in [0.717, 1.165) is 11.1 Å². The highest BCUT2D eigenvalue weighted by atomic mass is 16.5. The molecule has 0 aliphatic carbocycles. The van der Waals surface area contributed by atoms with Crippen LogP contribution in [0.25, 0.3) is 11.0 Å². The fourth-order valence-corrected chi connectivity index (χ4v) is 0.985. The minimum atomic E-state index is 0.698. The first-order chi connectivity index (χ1) is 5.42. The summed E-state index contributed by atoms with van der Waals surface area (Å²) in [6.45, 7) is 0. The molecule has 0 amide bonds. The Morgan fingerprint density at radius 3 is 3.27 bits per heavy atom. The van der Waals surface area contributed by atoms with E-state index >= 15 is 0 Å². The Balaban J connectivity index is 2.79. The van der Waals surface area contributed by atoms with E-state index in [1.807, 2.05) is 18.2 Å². The maximum Gasteiger partial charge on any atom is 0.171 e. The Labute approximate surface area is 63.6 Å². The molecular formula is C8H6NO2. The second-order valence-electron chi connectivity index (χ2n) is 2.13. The van der Waals surface area contributed by atoms with Crippen LogP contribution in [0.4, 0.5) is 0 Å². The predicted molar refractivity (Wildman–Crippen MR) is 39.4 cm³/mol. The molecule has 1 aromatic carbocycles. The average molecular weight is 148 g/mol. The van der Waals surface area contributed by atoms with Gasteiger partial charge in [-0.2, -0.15) is 0 Å². The summed E-state index contributed by atoms with van der Waals surface area (Å²) in [5.41, 5.74) is 0.698. The molecule has 0 N–H and O–H groups in total. The number of ether oxygens (including phenoxy) is 1. The largest absolute Gasteiger partial charge is 0.496 e. The summed E-state index contributed by atoms with van der Waals surface area (Å²) in [5.74, 6) is 0.740. The van der Waals surface area contributed by atoms with E-state index in [9.17, 15) is 0 Å². The monoisotopic (exact) mass is 148 g/mol. The van der Waals surface area contributed by atoms with Gasteiger partial charge >= 0.3 is 0 Å². The first-order valence-electron chi connectivity index (χ1n) is 3.22. The van der Waals surface area contributed by atoms with Gasteiger partial charge in [0.1, 0.15) is 11.9 Å². The van der Waals surface area contributed by atoms with Crippen LogP contribution in [0.15, 0.2) is 22.7 Å². The molecule has 0 bridgehead atoms. The molecule has 11 heavy (non-hydrogen) atoms. The van der Waals surface area contributed by atoms with E-state index in [1.165, 1.54) is 0 Å². The van der Waals surface area contributed by atoms with E-state index in [2.05, 4.69) is 11.4 Å². The fourth-order valence-electron chi connectivity index (χ4n) is 0.985. The summed E-state index contributed by atoms with van der Waals surface area (Å²) in [5, 5.41) is 4.32. The van der Waals surface area contributed by atoms with Gasteiger partial charge < -0.3 is 9.26 Å². The van der Waals surface area contributed by atoms with Gasteiger partial charge in [0, 0.05) is 0 Å². The molecule has 0 aliphatic heterocycles. The molecule has 1 aromatic heterocycles. The quantitative estimate of drug-likeness (QED) is 0.616. The van der Waals surface area contributed by atoms with Gasteiger partial charge in [0.15, 0.2) is 5.58 Å². The van der Waals surface area contributed by atoms with Gasteiger partial charge in [-0.05, 0) is 12.1 Å². The number of hydrogen-bond acceptors (Lipinski definition) is 3. The van der Waals surface area contributed by atoms with Gasteiger partial charge in [0.25, 0.3) is 0 Å². The predicted octanol–water partition coefficient (Wildman–Crippen LogP) is 1.64. The molecule has 0 atom stereocenters. The van der Waals surface area contributed by atoms with Crippen LogP contribution in [0.3, 0.4) is 0 Å². The van der Waals surface area contributed by atoms with Gasteiger partial charge in [-0.25, -0.2) is 0 Å². The first kappa shape index (κ1) is 6.22. The molecule has 0 aliphatic rings. The molecule has 0 fully saturated rings. The summed E-state index contributed by atoms with van der Waals surface area (Å²) in [6.07, 6.45) is 2.70. The number of fused-ring (bicyclic) bond motifs is 1.